The van der Waals surface area contributed by atoms with Crippen molar-refractivity contribution in [2.75, 3.05) is 0 Å². The van der Waals surface area contributed by atoms with Crippen molar-refractivity contribution in [2.45, 2.75) is 20.0 Å². The Hall–Kier alpha value is -2.36. The van der Waals surface area contributed by atoms with Crippen LogP contribution in [0.25, 0.3) is 0 Å². The molecular formula is C15H18N4. The molecule has 0 atom stereocenters. The van der Waals surface area contributed by atoms with E-state index in [1.165, 1.54) is 11.1 Å². The van der Waals surface area contributed by atoms with E-state index in [2.05, 4.69) is 41.2 Å². The van der Waals surface area contributed by atoms with Gasteiger partial charge in [-0.2, -0.15) is 10.2 Å². The van der Waals surface area contributed by atoms with Gasteiger partial charge in [-0.05, 0) is 24.1 Å². The largest absolute Gasteiger partial charge is 0.269 e. The molecule has 1 aromatic carbocycles. The first-order valence-corrected chi connectivity index (χ1v) is 6.23. The summed E-state index contributed by atoms with van der Waals surface area (Å²) in [6, 6.07) is 10.4. The van der Waals surface area contributed by atoms with E-state index in [1.54, 1.807) is 6.20 Å². The van der Waals surface area contributed by atoms with Gasteiger partial charge >= 0.3 is 0 Å². The first-order valence-electron chi connectivity index (χ1n) is 6.23. The Morgan fingerprint density at radius 2 is 2.21 bits per heavy atom. The first kappa shape index (κ1) is 13.1. The molecule has 0 aliphatic heterocycles. The average molecular weight is 254 g/mol. The lowest BCUT2D eigenvalue weighted by Gasteiger charge is -2.14. The second kappa shape index (κ2) is 6.54. The molecule has 0 amide bonds. The van der Waals surface area contributed by atoms with Crippen LogP contribution in [0.4, 0.5) is 0 Å². The van der Waals surface area contributed by atoms with Crippen LogP contribution in [-0.2, 0) is 13.1 Å². The number of nitrogens with zero attached hydrogens (tertiary/aromatic N) is 4. The van der Waals surface area contributed by atoms with Gasteiger partial charge in [0, 0.05) is 25.3 Å². The maximum absolute atomic E-state index is 4.21. The van der Waals surface area contributed by atoms with Gasteiger partial charge in [0.15, 0.2) is 0 Å². The maximum atomic E-state index is 4.21. The molecule has 0 fully saturated rings. The highest BCUT2D eigenvalue weighted by atomic mass is 15.4. The van der Waals surface area contributed by atoms with Crippen LogP contribution in [0.5, 0.6) is 0 Å². The van der Waals surface area contributed by atoms with Gasteiger partial charge in [-0.15, -0.1) is 0 Å². The summed E-state index contributed by atoms with van der Waals surface area (Å²) in [5.74, 6) is 0. The summed E-state index contributed by atoms with van der Waals surface area (Å²) < 4.78 is 1.91. The van der Waals surface area contributed by atoms with Crippen LogP contribution in [-0.4, -0.2) is 21.5 Å². The Morgan fingerprint density at radius 1 is 1.37 bits per heavy atom. The molecule has 4 heteroatoms. The van der Waals surface area contributed by atoms with Gasteiger partial charge in [-0.1, -0.05) is 30.3 Å². The van der Waals surface area contributed by atoms with Crippen LogP contribution < -0.4 is 0 Å². The van der Waals surface area contributed by atoms with Crippen molar-refractivity contribution < 1.29 is 0 Å². The summed E-state index contributed by atoms with van der Waals surface area (Å²) in [4.78, 5) is 0. The van der Waals surface area contributed by atoms with Gasteiger partial charge < -0.3 is 0 Å². The van der Waals surface area contributed by atoms with Crippen molar-refractivity contribution in [3.8, 4) is 0 Å². The summed E-state index contributed by atoms with van der Waals surface area (Å²) in [5, 5.41) is 9.98. The van der Waals surface area contributed by atoms with E-state index < -0.39 is 0 Å². The number of hydrogen-bond donors (Lipinski definition) is 0. The van der Waals surface area contributed by atoms with Crippen molar-refractivity contribution >= 4 is 6.72 Å². The molecule has 1 aromatic heterocycles. The lowest BCUT2D eigenvalue weighted by molar-refractivity contribution is 0.395. The maximum Gasteiger partial charge on any atom is 0.0659 e. The van der Waals surface area contributed by atoms with Crippen LogP contribution in [0.15, 0.2) is 60.1 Å². The van der Waals surface area contributed by atoms with Crippen molar-refractivity contribution in [3.05, 3.63) is 66.1 Å². The smallest absolute Gasteiger partial charge is 0.0659 e. The Balaban J connectivity index is 2.08. The summed E-state index contributed by atoms with van der Waals surface area (Å²) in [7, 11) is 0. The molecule has 2 aromatic rings. The van der Waals surface area contributed by atoms with E-state index in [0.717, 1.165) is 13.1 Å². The Morgan fingerprint density at radius 3 is 2.89 bits per heavy atom. The molecule has 0 aliphatic rings. The van der Waals surface area contributed by atoms with Crippen LogP contribution in [0.3, 0.4) is 0 Å². The van der Waals surface area contributed by atoms with Gasteiger partial charge in [-0.25, -0.2) is 0 Å². The molecule has 0 N–H and O–H groups in total. The molecule has 1 heterocycles. The van der Waals surface area contributed by atoms with Crippen LogP contribution >= 0.6 is 0 Å². The molecule has 19 heavy (non-hydrogen) atoms. The molecule has 0 saturated carbocycles. The molecule has 0 aliphatic carbocycles. The normalized spacial score (nSPS) is 10.8. The number of hydrazone groups is 1. The molecular weight excluding hydrogens is 236 g/mol. The molecule has 0 spiro atoms. The average Bonchev–Trinajstić information content (AvgIpc) is 2.91. The van der Waals surface area contributed by atoms with Gasteiger partial charge in [0.2, 0.25) is 0 Å². The zero-order chi connectivity index (χ0) is 13.5. The van der Waals surface area contributed by atoms with E-state index in [4.69, 9.17) is 0 Å². The lowest BCUT2D eigenvalue weighted by Crippen LogP contribution is -2.09. The second-order valence-electron chi connectivity index (χ2n) is 4.24. The predicted octanol–water partition coefficient (Wildman–Crippen LogP) is 2.88. The summed E-state index contributed by atoms with van der Waals surface area (Å²) in [6.07, 6.45) is 7.61. The SMILES string of the molecule is C=NN(/C=C\C)Cc1cccc(Cn2cccn2)c1. The van der Waals surface area contributed by atoms with E-state index in [0.29, 0.717) is 0 Å². The van der Waals surface area contributed by atoms with Gasteiger partial charge in [0.25, 0.3) is 0 Å². The minimum Gasteiger partial charge on any atom is -0.269 e. The van der Waals surface area contributed by atoms with Crippen molar-refractivity contribution in [3.63, 3.8) is 0 Å². The highest BCUT2D eigenvalue weighted by Crippen LogP contribution is 2.10. The van der Waals surface area contributed by atoms with Gasteiger partial charge in [-0.3, -0.25) is 9.69 Å². The van der Waals surface area contributed by atoms with E-state index >= 15 is 0 Å². The fourth-order valence-electron chi connectivity index (χ4n) is 1.92. The summed E-state index contributed by atoms with van der Waals surface area (Å²) in [5.41, 5.74) is 2.43. The molecule has 0 saturated heterocycles. The van der Waals surface area contributed by atoms with E-state index in [-0.39, 0.29) is 0 Å². The van der Waals surface area contributed by atoms with Crippen LogP contribution in [0.1, 0.15) is 18.1 Å². The highest BCUT2D eigenvalue weighted by Gasteiger charge is 2.01. The van der Waals surface area contributed by atoms with E-state index in [9.17, 15) is 0 Å². The zero-order valence-corrected chi connectivity index (χ0v) is 11.1. The molecule has 0 bridgehead atoms. The Kier molecular flexibility index (Phi) is 4.50. The second-order valence-corrected chi connectivity index (χ2v) is 4.24. The fraction of sp³-hybridized carbons (Fsp3) is 0.200. The Bertz CT molecular complexity index is 543. The standard InChI is InChI=1S/C15H18N4/c1-3-9-18(16-2)12-14-6-4-7-15(11-14)13-19-10-5-8-17-19/h3-11H,2,12-13H2,1H3/b9-3-. The third-order valence-corrected chi connectivity index (χ3v) is 2.74. The summed E-state index contributed by atoms with van der Waals surface area (Å²) >= 11 is 0. The minimum absolute atomic E-state index is 0.723. The topological polar surface area (TPSA) is 33.4 Å². The third-order valence-electron chi connectivity index (χ3n) is 2.74. The summed E-state index contributed by atoms with van der Waals surface area (Å²) in [6.45, 7) is 7.04. The third kappa shape index (κ3) is 3.81. The van der Waals surface area contributed by atoms with Crippen molar-refractivity contribution in [2.24, 2.45) is 5.10 Å². The predicted molar refractivity (Wildman–Crippen MR) is 77.7 cm³/mol. The zero-order valence-electron chi connectivity index (χ0n) is 11.1. The fourth-order valence-corrected chi connectivity index (χ4v) is 1.92. The quantitative estimate of drug-likeness (QED) is 0.586. The monoisotopic (exact) mass is 254 g/mol. The molecule has 2 rings (SSSR count). The minimum atomic E-state index is 0.723. The highest BCUT2D eigenvalue weighted by molar-refractivity contribution is 5.25. The van der Waals surface area contributed by atoms with Crippen molar-refractivity contribution in [1.82, 2.24) is 14.8 Å². The molecule has 0 radical (unpaired) electrons. The lowest BCUT2D eigenvalue weighted by atomic mass is 10.1. The number of benzene rings is 1. The number of hydrogen-bond acceptors (Lipinski definition) is 3. The van der Waals surface area contributed by atoms with Crippen molar-refractivity contribution in [1.29, 1.82) is 0 Å². The Labute approximate surface area is 113 Å². The molecule has 4 nitrogen and oxygen atoms in total. The van der Waals surface area contributed by atoms with E-state index in [1.807, 2.05) is 41.2 Å². The van der Waals surface area contributed by atoms with Gasteiger partial charge in [0.05, 0.1) is 13.1 Å². The van der Waals surface area contributed by atoms with Crippen LogP contribution in [0, 0.1) is 0 Å². The molecule has 0 unspecified atom stereocenters. The number of rotatable bonds is 6. The number of allylic oxidation sites excluding steroid dienone is 1. The first-order chi connectivity index (χ1) is 9.31. The van der Waals surface area contributed by atoms with Gasteiger partial charge in [0.1, 0.15) is 0 Å². The number of aromatic nitrogens is 2. The van der Waals surface area contributed by atoms with Crippen LogP contribution in [0.2, 0.25) is 0 Å². The molecule has 98 valence electrons.